The van der Waals surface area contributed by atoms with Crippen LogP contribution in [0.1, 0.15) is 12.5 Å². The standard InChI is InChI=1S/C10H12N2/c1-3-8-4-5-9-10(6-8)12-7(2)11-9/h4-6,11-12H,2-3H2,1H3. The van der Waals surface area contributed by atoms with Crippen molar-refractivity contribution in [2.75, 3.05) is 10.6 Å². The van der Waals surface area contributed by atoms with Gasteiger partial charge in [0.2, 0.25) is 0 Å². The van der Waals surface area contributed by atoms with Crippen LogP contribution in [0.4, 0.5) is 11.4 Å². The Kier molecular flexibility index (Phi) is 1.54. The second-order valence-corrected chi connectivity index (χ2v) is 2.96. The lowest BCUT2D eigenvalue weighted by molar-refractivity contribution is 1.14. The average molecular weight is 160 g/mol. The van der Waals surface area contributed by atoms with E-state index in [0.29, 0.717) is 0 Å². The van der Waals surface area contributed by atoms with Crippen molar-refractivity contribution in [3.63, 3.8) is 0 Å². The SMILES string of the molecule is C=C1Nc2ccc(CC)cc2N1. The van der Waals surface area contributed by atoms with E-state index in [0.717, 1.165) is 23.6 Å². The Morgan fingerprint density at radius 1 is 1.25 bits per heavy atom. The first-order valence-electron chi connectivity index (χ1n) is 4.15. The van der Waals surface area contributed by atoms with Crippen LogP contribution >= 0.6 is 0 Å². The van der Waals surface area contributed by atoms with Crippen molar-refractivity contribution >= 4 is 11.4 Å². The monoisotopic (exact) mass is 160 g/mol. The molecule has 1 aliphatic heterocycles. The van der Waals surface area contributed by atoms with Gasteiger partial charge < -0.3 is 10.6 Å². The van der Waals surface area contributed by atoms with Gasteiger partial charge in [-0.2, -0.15) is 0 Å². The van der Waals surface area contributed by atoms with E-state index < -0.39 is 0 Å². The molecule has 2 nitrogen and oxygen atoms in total. The van der Waals surface area contributed by atoms with Crippen molar-refractivity contribution < 1.29 is 0 Å². The minimum atomic E-state index is 0.859. The number of benzene rings is 1. The number of fused-ring (bicyclic) bond motifs is 1. The van der Waals surface area contributed by atoms with Crippen LogP contribution in [0, 0.1) is 0 Å². The van der Waals surface area contributed by atoms with Crippen molar-refractivity contribution in [3.8, 4) is 0 Å². The molecular formula is C10H12N2. The minimum absolute atomic E-state index is 0.859. The number of anilines is 2. The van der Waals surface area contributed by atoms with Crippen molar-refractivity contribution in [1.29, 1.82) is 0 Å². The minimum Gasteiger partial charge on any atom is -0.341 e. The molecule has 2 N–H and O–H groups in total. The summed E-state index contributed by atoms with van der Waals surface area (Å²) in [5.41, 5.74) is 3.61. The maximum atomic E-state index is 3.80. The van der Waals surface area contributed by atoms with Crippen molar-refractivity contribution in [2.24, 2.45) is 0 Å². The summed E-state index contributed by atoms with van der Waals surface area (Å²) in [6.45, 7) is 5.95. The first-order chi connectivity index (χ1) is 5.79. The van der Waals surface area contributed by atoms with E-state index >= 15 is 0 Å². The second-order valence-electron chi connectivity index (χ2n) is 2.96. The fourth-order valence-electron chi connectivity index (χ4n) is 1.38. The highest BCUT2D eigenvalue weighted by molar-refractivity contribution is 5.79. The average Bonchev–Trinajstić information content (AvgIpc) is 2.43. The van der Waals surface area contributed by atoms with Gasteiger partial charge in [0.1, 0.15) is 5.82 Å². The Labute approximate surface area is 72.3 Å². The van der Waals surface area contributed by atoms with Crippen LogP contribution in [0.3, 0.4) is 0 Å². The van der Waals surface area contributed by atoms with Crippen molar-refractivity contribution in [3.05, 3.63) is 36.2 Å². The molecule has 1 heterocycles. The molecule has 0 atom stereocenters. The zero-order valence-electron chi connectivity index (χ0n) is 7.15. The Balaban J connectivity index is 2.41. The van der Waals surface area contributed by atoms with Crippen LogP contribution in [0.25, 0.3) is 0 Å². The molecular weight excluding hydrogens is 148 g/mol. The van der Waals surface area contributed by atoms with Gasteiger partial charge in [-0.3, -0.25) is 0 Å². The Morgan fingerprint density at radius 2 is 2.00 bits per heavy atom. The number of rotatable bonds is 1. The lowest BCUT2D eigenvalue weighted by atomic mass is 10.1. The molecule has 0 saturated carbocycles. The molecule has 0 radical (unpaired) electrons. The number of aryl methyl sites for hydroxylation is 1. The molecule has 12 heavy (non-hydrogen) atoms. The van der Waals surface area contributed by atoms with Gasteiger partial charge in [-0.15, -0.1) is 0 Å². The van der Waals surface area contributed by atoms with Crippen LogP contribution in [0.15, 0.2) is 30.6 Å². The first kappa shape index (κ1) is 7.22. The highest BCUT2D eigenvalue weighted by Gasteiger charge is 2.11. The molecule has 0 aliphatic carbocycles. The number of hydrogen-bond acceptors (Lipinski definition) is 2. The highest BCUT2D eigenvalue weighted by atomic mass is 15.2. The summed E-state index contributed by atoms with van der Waals surface area (Å²) in [5.74, 6) is 0.859. The summed E-state index contributed by atoms with van der Waals surface area (Å²) >= 11 is 0. The zero-order valence-corrected chi connectivity index (χ0v) is 7.15. The van der Waals surface area contributed by atoms with E-state index in [1.54, 1.807) is 0 Å². The predicted molar refractivity (Wildman–Crippen MR) is 52.2 cm³/mol. The smallest absolute Gasteiger partial charge is 0.100 e. The van der Waals surface area contributed by atoms with Crippen LogP contribution in [-0.2, 0) is 6.42 Å². The Morgan fingerprint density at radius 3 is 2.75 bits per heavy atom. The fourth-order valence-corrected chi connectivity index (χ4v) is 1.38. The quantitative estimate of drug-likeness (QED) is 0.659. The summed E-state index contributed by atoms with van der Waals surface area (Å²) in [6, 6.07) is 6.37. The van der Waals surface area contributed by atoms with Gasteiger partial charge >= 0.3 is 0 Å². The zero-order chi connectivity index (χ0) is 8.55. The van der Waals surface area contributed by atoms with E-state index in [1.807, 2.05) is 0 Å². The third kappa shape index (κ3) is 1.05. The van der Waals surface area contributed by atoms with E-state index in [9.17, 15) is 0 Å². The van der Waals surface area contributed by atoms with Crippen LogP contribution in [0.5, 0.6) is 0 Å². The van der Waals surface area contributed by atoms with Gasteiger partial charge in [-0.1, -0.05) is 19.6 Å². The van der Waals surface area contributed by atoms with E-state index in [1.165, 1.54) is 5.56 Å². The van der Waals surface area contributed by atoms with E-state index in [2.05, 4.69) is 42.3 Å². The van der Waals surface area contributed by atoms with Gasteiger partial charge in [-0.25, -0.2) is 0 Å². The van der Waals surface area contributed by atoms with Gasteiger partial charge in [-0.05, 0) is 24.1 Å². The summed E-state index contributed by atoms with van der Waals surface area (Å²) < 4.78 is 0. The Bertz CT molecular complexity index is 329. The third-order valence-electron chi connectivity index (χ3n) is 2.06. The van der Waals surface area contributed by atoms with Gasteiger partial charge in [0.25, 0.3) is 0 Å². The lowest BCUT2D eigenvalue weighted by Crippen LogP contribution is -1.94. The molecule has 62 valence electrons. The molecule has 0 saturated heterocycles. The maximum absolute atomic E-state index is 3.80. The molecule has 0 amide bonds. The topological polar surface area (TPSA) is 24.1 Å². The van der Waals surface area contributed by atoms with Crippen LogP contribution < -0.4 is 10.6 Å². The molecule has 0 bridgehead atoms. The molecule has 1 aromatic carbocycles. The summed E-state index contributed by atoms with van der Waals surface area (Å²) in [7, 11) is 0. The van der Waals surface area contributed by atoms with Crippen LogP contribution in [0.2, 0.25) is 0 Å². The van der Waals surface area contributed by atoms with E-state index in [-0.39, 0.29) is 0 Å². The van der Waals surface area contributed by atoms with Gasteiger partial charge in [0.15, 0.2) is 0 Å². The molecule has 1 aromatic rings. The Hall–Kier alpha value is -1.44. The number of hydrogen-bond donors (Lipinski definition) is 2. The normalized spacial score (nSPS) is 13.6. The molecule has 0 spiro atoms. The summed E-state index contributed by atoms with van der Waals surface area (Å²) in [6.07, 6.45) is 1.07. The van der Waals surface area contributed by atoms with Gasteiger partial charge in [0, 0.05) is 0 Å². The summed E-state index contributed by atoms with van der Waals surface area (Å²) in [4.78, 5) is 0. The largest absolute Gasteiger partial charge is 0.341 e. The van der Waals surface area contributed by atoms with Crippen molar-refractivity contribution in [1.82, 2.24) is 0 Å². The molecule has 2 heteroatoms. The third-order valence-corrected chi connectivity index (χ3v) is 2.06. The van der Waals surface area contributed by atoms with Gasteiger partial charge in [0.05, 0.1) is 11.4 Å². The van der Waals surface area contributed by atoms with Crippen molar-refractivity contribution in [2.45, 2.75) is 13.3 Å². The molecule has 1 aliphatic rings. The second kappa shape index (κ2) is 2.55. The predicted octanol–water partition coefficient (Wildman–Crippen LogP) is 2.56. The number of nitrogens with one attached hydrogen (secondary N) is 2. The fraction of sp³-hybridized carbons (Fsp3) is 0.200. The molecule has 0 aromatic heterocycles. The molecule has 0 unspecified atom stereocenters. The first-order valence-corrected chi connectivity index (χ1v) is 4.15. The highest BCUT2D eigenvalue weighted by Crippen LogP contribution is 2.30. The lowest BCUT2D eigenvalue weighted by Gasteiger charge is -2.00. The molecule has 2 rings (SSSR count). The molecule has 0 fully saturated rings. The maximum Gasteiger partial charge on any atom is 0.100 e. The van der Waals surface area contributed by atoms with E-state index in [4.69, 9.17) is 0 Å². The van der Waals surface area contributed by atoms with Crippen LogP contribution in [-0.4, -0.2) is 0 Å². The summed E-state index contributed by atoms with van der Waals surface area (Å²) in [5, 5.41) is 6.31.